The van der Waals surface area contributed by atoms with Crippen LogP contribution in [0.1, 0.15) is 40.0 Å². The van der Waals surface area contributed by atoms with Gasteiger partial charge >= 0.3 is 5.97 Å². The molecule has 0 aromatic heterocycles. The summed E-state index contributed by atoms with van der Waals surface area (Å²) < 4.78 is 10.3. The summed E-state index contributed by atoms with van der Waals surface area (Å²) in [5.74, 6) is -0.685. The molecule has 0 radical (unpaired) electrons. The molecule has 0 aromatic carbocycles. The number of esters is 1. The van der Waals surface area contributed by atoms with Gasteiger partial charge in [-0.15, -0.1) is 0 Å². The molecule has 0 spiro atoms. The van der Waals surface area contributed by atoms with Crippen molar-refractivity contribution in [2.75, 3.05) is 13.2 Å². The number of rotatable bonds is 6. The van der Waals surface area contributed by atoms with Crippen LogP contribution >= 0.6 is 0 Å². The predicted molar refractivity (Wildman–Crippen MR) is 59.0 cm³/mol. The lowest BCUT2D eigenvalue weighted by molar-refractivity contribution is -0.160. The van der Waals surface area contributed by atoms with E-state index >= 15 is 0 Å². The number of hydrogen-bond acceptors (Lipinski definition) is 4. The lowest BCUT2D eigenvalue weighted by Gasteiger charge is -2.27. The van der Waals surface area contributed by atoms with Crippen molar-refractivity contribution in [3.63, 3.8) is 0 Å². The van der Waals surface area contributed by atoms with Crippen molar-refractivity contribution in [3.8, 4) is 0 Å². The summed E-state index contributed by atoms with van der Waals surface area (Å²) in [7, 11) is 0. The van der Waals surface area contributed by atoms with E-state index in [0.29, 0.717) is 6.61 Å². The Morgan fingerprint density at radius 3 is 2.38 bits per heavy atom. The summed E-state index contributed by atoms with van der Waals surface area (Å²) >= 11 is 0. The molecule has 0 atom stereocenters. The van der Waals surface area contributed by atoms with Crippen LogP contribution in [0.2, 0.25) is 0 Å². The summed E-state index contributed by atoms with van der Waals surface area (Å²) in [6.45, 7) is 5.19. The van der Waals surface area contributed by atoms with Crippen LogP contribution in [0.25, 0.3) is 0 Å². The fourth-order valence-electron chi connectivity index (χ4n) is 1.34. The van der Waals surface area contributed by atoms with Crippen LogP contribution in [0, 0.1) is 5.41 Å². The van der Waals surface area contributed by atoms with Crippen molar-refractivity contribution in [1.82, 2.24) is 0 Å². The lowest BCUT2D eigenvalue weighted by atomic mass is 9.88. The summed E-state index contributed by atoms with van der Waals surface area (Å²) in [4.78, 5) is 23.3. The molecule has 0 unspecified atom stereocenters. The quantitative estimate of drug-likeness (QED) is 0.513. The maximum atomic E-state index is 11.8. The zero-order valence-corrected chi connectivity index (χ0v) is 10.2. The van der Waals surface area contributed by atoms with Crippen molar-refractivity contribution in [3.05, 3.63) is 0 Å². The first-order valence-corrected chi connectivity index (χ1v) is 5.80. The molecule has 92 valence electrons. The summed E-state index contributed by atoms with van der Waals surface area (Å²) in [6.07, 6.45) is 3.42. The molecule has 0 bridgehead atoms. The minimum Gasteiger partial charge on any atom is -0.465 e. The van der Waals surface area contributed by atoms with E-state index in [0.717, 1.165) is 12.8 Å². The van der Waals surface area contributed by atoms with Gasteiger partial charge in [0.25, 0.3) is 0 Å². The first-order chi connectivity index (χ1) is 7.48. The number of carbonyl (C=O) groups is 2. The molecule has 0 amide bonds. The Morgan fingerprint density at radius 2 is 1.94 bits per heavy atom. The summed E-state index contributed by atoms with van der Waals surface area (Å²) in [5.41, 5.74) is -1.10. The Hall–Kier alpha value is -0.900. The normalized spacial score (nSPS) is 16.7. The Morgan fingerprint density at radius 1 is 1.31 bits per heavy atom. The Balaban J connectivity index is 2.40. The molecule has 1 aliphatic rings. The van der Waals surface area contributed by atoms with Gasteiger partial charge in [0.2, 0.25) is 0 Å². The second-order valence-corrected chi connectivity index (χ2v) is 4.63. The van der Waals surface area contributed by atoms with E-state index in [9.17, 15) is 9.59 Å². The molecule has 0 heterocycles. The second-order valence-electron chi connectivity index (χ2n) is 4.63. The number of ketones is 1. The number of ether oxygens (including phenoxy) is 2. The van der Waals surface area contributed by atoms with Gasteiger partial charge in [-0.1, -0.05) is 0 Å². The van der Waals surface area contributed by atoms with Crippen molar-refractivity contribution >= 4 is 11.8 Å². The molecular weight excluding hydrogens is 208 g/mol. The standard InChI is InChI=1S/C12H20O4/c1-4-15-11(14)12(2,3)10(13)8-16-9-6-5-7-9/h9H,4-8H2,1-3H3. The van der Waals surface area contributed by atoms with Crippen molar-refractivity contribution in [2.24, 2.45) is 5.41 Å². The third-order valence-electron chi connectivity index (χ3n) is 2.99. The molecule has 1 rings (SSSR count). The molecule has 4 nitrogen and oxygen atoms in total. The topological polar surface area (TPSA) is 52.6 Å². The highest BCUT2D eigenvalue weighted by molar-refractivity contribution is 6.03. The van der Waals surface area contributed by atoms with Crippen LogP contribution in [0.4, 0.5) is 0 Å². The molecule has 0 saturated heterocycles. The van der Waals surface area contributed by atoms with Crippen LogP contribution in [0.3, 0.4) is 0 Å². The van der Waals surface area contributed by atoms with E-state index in [4.69, 9.17) is 9.47 Å². The van der Waals surface area contributed by atoms with Gasteiger partial charge in [-0.05, 0) is 40.0 Å². The van der Waals surface area contributed by atoms with Crippen LogP contribution in [-0.2, 0) is 19.1 Å². The molecular formula is C12H20O4. The average molecular weight is 228 g/mol. The average Bonchev–Trinajstić information content (AvgIpc) is 2.15. The van der Waals surface area contributed by atoms with Crippen molar-refractivity contribution in [1.29, 1.82) is 0 Å². The Kier molecular flexibility index (Phi) is 4.47. The van der Waals surface area contributed by atoms with E-state index in [1.165, 1.54) is 6.42 Å². The van der Waals surface area contributed by atoms with E-state index in [2.05, 4.69) is 0 Å². The molecule has 1 saturated carbocycles. The van der Waals surface area contributed by atoms with Gasteiger partial charge in [0, 0.05) is 0 Å². The van der Waals surface area contributed by atoms with E-state index < -0.39 is 11.4 Å². The minimum absolute atomic E-state index is 0.0104. The molecule has 1 fully saturated rings. The van der Waals surface area contributed by atoms with Gasteiger partial charge in [0.1, 0.15) is 12.0 Å². The highest BCUT2D eigenvalue weighted by Crippen LogP contribution is 2.24. The SMILES string of the molecule is CCOC(=O)C(C)(C)C(=O)COC1CCC1. The summed E-state index contributed by atoms with van der Waals surface area (Å²) in [6, 6.07) is 0. The predicted octanol–water partition coefficient (Wildman–Crippen LogP) is 1.71. The van der Waals surface area contributed by atoms with Crippen LogP contribution < -0.4 is 0 Å². The fourth-order valence-corrected chi connectivity index (χ4v) is 1.34. The van der Waals surface area contributed by atoms with Crippen LogP contribution in [-0.4, -0.2) is 31.1 Å². The smallest absolute Gasteiger partial charge is 0.319 e. The van der Waals surface area contributed by atoms with Crippen LogP contribution in [0.15, 0.2) is 0 Å². The highest BCUT2D eigenvalue weighted by atomic mass is 16.5. The van der Waals surface area contributed by atoms with E-state index in [1.54, 1.807) is 20.8 Å². The first kappa shape index (κ1) is 13.2. The first-order valence-electron chi connectivity index (χ1n) is 5.80. The molecule has 4 heteroatoms. The molecule has 0 aromatic rings. The molecule has 16 heavy (non-hydrogen) atoms. The minimum atomic E-state index is -1.10. The van der Waals surface area contributed by atoms with Gasteiger partial charge in [-0.25, -0.2) is 0 Å². The monoisotopic (exact) mass is 228 g/mol. The van der Waals surface area contributed by atoms with Gasteiger partial charge in [0.15, 0.2) is 5.78 Å². The maximum absolute atomic E-state index is 11.8. The second kappa shape index (κ2) is 5.43. The third kappa shape index (κ3) is 3.04. The summed E-state index contributed by atoms with van der Waals surface area (Å²) in [5, 5.41) is 0. The zero-order valence-electron chi connectivity index (χ0n) is 10.2. The molecule has 1 aliphatic carbocycles. The highest BCUT2D eigenvalue weighted by Gasteiger charge is 2.37. The number of carbonyl (C=O) groups excluding carboxylic acids is 2. The number of Topliss-reactive ketones (excluding diaryl/α,β-unsaturated/α-hetero) is 1. The van der Waals surface area contributed by atoms with Crippen molar-refractivity contribution < 1.29 is 19.1 Å². The van der Waals surface area contributed by atoms with Gasteiger partial charge < -0.3 is 9.47 Å². The molecule has 0 N–H and O–H groups in total. The lowest BCUT2D eigenvalue weighted by Crippen LogP contribution is -2.39. The van der Waals surface area contributed by atoms with E-state index in [-0.39, 0.29) is 18.5 Å². The Bertz CT molecular complexity index is 266. The number of hydrogen-bond donors (Lipinski definition) is 0. The largest absolute Gasteiger partial charge is 0.465 e. The zero-order chi connectivity index (χ0) is 12.2. The van der Waals surface area contributed by atoms with Gasteiger partial charge in [-0.3, -0.25) is 9.59 Å². The van der Waals surface area contributed by atoms with Crippen molar-refractivity contribution in [2.45, 2.75) is 46.1 Å². The van der Waals surface area contributed by atoms with Gasteiger partial charge in [0.05, 0.1) is 12.7 Å². The maximum Gasteiger partial charge on any atom is 0.319 e. The fraction of sp³-hybridized carbons (Fsp3) is 0.833. The van der Waals surface area contributed by atoms with Crippen LogP contribution in [0.5, 0.6) is 0 Å². The Labute approximate surface area is 96.3 Å². The van der Waals surface area contributed by atoms with E-state index in [1.807, 2.05) is 0 Å². The molecule has 0 aliphatic heterocycles. The third-order valence-corrected chi connectivity index (χ3v) is 2.99. The van der Waals surface area contributed by atoms with Gasteiger partial charge in [-0.2, -0.15) is 0 Å².